The van der Waals surface area contributed by atoms with E-state index in [4.69, 9.17) is 9.47 Å². The number of hydrazine groups is 1. The molecule has 1 aliphatic heterocycles. The minimum atomic E-state index is -0.802. The topological polar surface area (TPSA) is 76.7 Å². The summed E-state index contributed by atoms with van der Waals surface area (Å²) in [4.78, 5) is 26.7. The lowest BCUT2D eigenvalue weighted by molar-refractivity contribution is -0.131. The molecule has 1 unspecified atom stereocenters. The molecule has 1 aromatic heterocycles. The fourth-order valence-corrected chi connectivity index (χ4v) is 4.51. The van der Waals surface area contributed by atoms with E-state index in [-0.39, 0.29) is 12.5 Å². The van der Waals surface area contributed by atoms with Crippen LogP contribution in [0.15, 0.2) is 30.3 Å². The summed E-state index contributed by atoms with van der Waals surface area (Å²) < 4.78 is 11.2. The molecule has 0 bridgehead atoms. The molecule has 0 spiro atoms. The monoisotopic (exact) mass is 386 g/mol. The second-order valence-electron chi connectivity index (χ2n) is 6.78. The third kappa shape index (κ3) is 4.08. The van der Waals surface area contributed by atoms with Crippen LogP contribution in [-0.4, -0.2) is 24.5 Å². The molecule has 1 aromatic carbocycles. The van der Waals surface area contributed by atoms with Crippen LogP contribution in [0.2, 0.25) is 0 Å². The van der Waals surface area contributed by atoms with E-state index in [9.17, 15) is 9.59 Å². The van der Waals surface area contributed by atoms with Gasteiger partial charge in [-0.25, -0.2) is 0 Å². The number of nitrogens with one attached hydrogen (secondary N) is 2. The number of hydrogen-bond donors (Lipinski definition) is 2. The van der Waals surface area contributed by atoms with Crippen LogP contribution in [0.3, 0.4) is 0 Å². The highest BCUT2D eigenvalue weighted by molar-refractivity contribution is 7.14. The molecule has 2 amide bonds. The van der Waals surface area contributed by atoms with Crippen LogP contribution in [0.4, 0.5) is 0 Å². The Kier molecular flexibility index (Phi) is 5.29. The average molecular weight is 386 g/mol. The first-order valence-corrected chi connectivity index (χ1v) is 10.1. The van der Waals surface area contributed by atoms with Gasteiger partial charge in [-0.1, -0.05) is 25.0 Å². The van der Waals surface area contributed by atoms with E-state index in [1.807, 2.05) is 18.2 Å². The van der Waals surface area contributed by atoms with Gasteiger partial charge in [0.25, 0.3) is 11.8 Å². The quantitative estimate of drug-likeness (QED) is 0.778. The van der Waals surface area contributed by atoms with Crippen LogP contribution < -0.4 is 20.3 Å². The molecule has 6 nitrogen and oxygen atoms in total. The molecular formula is C20H22N2O4S. The van der Waals surface area contributed by atoms with Gasteiger partial charge in [-0.2, -0.15) is 0 Å². The van der Waals surface area contributed by atoms with Gasteiger partial charge in [0, 0.05) is 4.88 Å². The summed E-state index contributed by atoms with van der Waals surface area (Å²) in [6.45, 7) is 0.103. The van der Waals surface area contributed by atoms with Gasteiger partial charge < -0.3 is 9.47 Å². The molecule has 2 heterocycles. The number of rotatable bonds is 2. The molecule has 0 fully saturated rings. The Morgan fingerprint density at radius 3 is 2.63 bits per heavy atom. The minimum Gasteiger partial charge on any atom is -0.485 e. The highest BCUT2D eigenvalue weighted by Crippen LogP contribution is 2.31. The van der Waals surface area contributed by atoms with Crippen molar-refractivity contribution in [3.63, 3.8) is 0 Å². The first-order valence-electron chi connectivity index (χ1n) is 9.31. The summed E-state index contributed by atoms with van der Waals surface area (Å²) in [5.41, 5.74) is 6.22. The zero-order chi connectivity index (χ0) is 18.6. The number of thiophene rings is 1. The molecule has 142 valence electrons. The van der Waals surface area contributed by atoms with Crippen LogP contribution >= 0.6 is 11.3 Å². The lowest BCUT2D eigenvalue weighted by Crippen LogP contribution is -2.50. The molecule has 0 radical (unpaired) electrons. The van der Waals surface area contributed by atoms with E-state index in [2.05, 4.69) is 10.9 Å². The fourth-order valence-electron chi connectivity index (χ4n) is 3.37. The second kappa shape index (κ2) is 8.00. The summed E-state index contributed by atoms with van der Waals surface area (Å²) in [6, 6.07) is 9.15. The Hall–Kier alpha value is -2.54. The van der Waals surface area contributed by atoms with E-state index in [0.29, 0.717) is 16.4 Å². The number of benzene rings is 1. The van der Waals surface area contributed by atoms with Gasteiger partial charge in [0.2, 0.25) is 6.10 Å². The minimum absolute atomic E-state index is 0.103. The van der Waals surface area contributed by atoms with Crippen molar-refractivity contribution in [3.05, 3.63) is 45.6 Å². The Labute approximate surface area is 161 Å². The van der Waals surface area contributed by atoms with Gasteiger partial charge >= 0.3 is 0 Å². The van der Waals surface area contributed by atoms with Crippen molar-refractivity contribution < 1.29 is 19.1 Å². The Morgan fingerprint density at radius 2 is 1.78 bits per heavy atom. The highest BCUT2D eigenvalue weighted by Gasteiger charge is 2.27. The normalized spacial score (nSPS) is 18.6. The number of carbonyl (C=O) groups excluding carboxylic acids is 2. The van der Waals surface area contributed by atoms with Crippen LogP contribution in [0, 0.1) is 0 Å². The zero-order valence-corrected chi connectivity index (χ0v) is 15.8. The third-order valence-corrected chi connectivity index (χ3v) is 6.06. The van der Waals surface area contributed by atoms with Crippen LogP contribution in [-0.2, 0) is 17.6 Å². The number of para-hydroxylation sites is 2. The molecule has 1 atom stereocenters. The van der Waals surface area contributed by atoms with Gasteiger partial charge in [-0.05, 0) is 49.4 Å². The van der Waals surface area contributed by atoms with Gasteiger partial charge in [0.05, 0.1) is 4.88 Å². The van der Waals surface area contributed by atoms with Crippen molar-refractivity contribution >= 4 is 23.2 Å². The van der Waals surface area contributed by atoms with Crippen molar-refractivity contribution in [3.8, 4) is 11.5 Å². The molecule has 7 heteroatoms. The first kappa shape index (κ1) is 17.9. The number of ether oxygens (including phenoxy) is 2. The standard InChI is InChI=1S/C20H22N2O4S/c23-19(16-12-25-14-8-5-6-9-15(14)26-16)21-22-20(24)18-11-13-7-3-1-2-4-10-17(13)27-18/h5-6,8-9,11,16H,1-4,7,10,12H2,(H,21,23)(H,22,24). The van der Waals surface area contributed by atoms with Gasteiger partial charge in [0.1, 0.15) is 6.61 Å². The van der Waals surface area contributed by atoms with Crippen molar-refractivity contribution in [1.82, 2.24) is 10.9 Å². The third-order valence-electron chi connectivity index (χ3n) is 4.82. The maximum absolute atomic E-state index is 12.4. The number of carbonyl (C=O) groups is 2. The molecule has 27 heavy (non-hydrogen) atoms. The van der Waals surface area contributed by atoms with Crippen LogP contribution in [0.5, 0.6) is 11.5 Å². The summed E-state index contributed by atoms with van der Waals surface area (Å²) in [7, 11) is 0. The molecule has 2 aromatic rings. The summed E-state index contributed by atoms with van der Waals surface area (Å²) in [6.07, 6.45) is 6.10. The van der Waals surface area contributed by atoms with Crippen LogP contribution in [0.25, 0.3) is 0 Å². The fraction of sp³-hybridized carbons (Fsp3) is 0.400. The van der Waals surface area contributed by atoms with Gasteiger partial charge in [-0.15, -0.1) is 11.3 Å². The number of aryl methyl sites for hydroxylation is 2. The summed E-state index contributed by atoms with van der Waals surface area (Å²) in [5, 5.41) is 0. The van der Waals surface area contributed by atoms with Gasteiger partial charge in [-0.3, -0.25) is 20.4 Å². The Morgan fingerprint density at radius 1 is 1.00 bits per heavy atom. The van der Waals surface area contributed by atoms with Crippen molar-refractivity contribution in [2.45, 2.75) is 44.6 Å². The predicted octanol–water partition coefficient (Wildman–Crippen LogP) is 3.01. The molecule has 2 N–H and O–H groups in total. The molecular weight excluding hydrogens is 364 g/mol. The average Bonchev–Trinajstić information content (AvgIpc) is 3.07. The summed E-state index contributed by atoms with van der Waals surface area (Å²) in [5.74, 6) is 0.403. The summed E-state index contributed by atoms with van der Waals surface area (Å²) >= 11 is 1.52. The smallest absolute Gasteiger partial charge is 0.283 e. The SMILES string of the molecule is O=C(NNC(=O)C1COc2ccccc2O1)c1cc2c(s1)CCCCCC2. The van der Waals surface area contributed by atoms with Gasteiger partial charge in [0.15, 0.2) is 11.5 Å². The van der Waals surface area contributed by atoms with Crippen molar-refractivity contribution in [1.29, 1.82) is 0 Å². The lowest BCUT2D eigenvalue weighted by atomic mass is 10.00. The van der Waals surface area contributed by atoms with Crippen molar-refractivity contribution in [2.75, 3.05) is 6.61 Å². The molecule has 1 aliphatic carbocycles. The maximum Gasteiger partial charge on any atom is 0.283 e. The molecule has 0 saturated carbocycles. The Bertz CT molecular complexity index is 823. The first-order chi connectivity index (χ1) is 13.2. The number of fused-ring (bicyclic) bond motifs is 2. The predicted molar refractivity (Wildman–Crippen MR) is 102 cm³/mol. The van der Waals surface area contributed by atoms with E-state index in [0.717, 1.165) is 12.8 Å². The zero-order valence-electron chi connectivity index (χ0n) is 15.0. The lowest BCUT2D eigenvalue weighted by Gasteiger charge is -2.25. The molecule has 2 aliphatic rings. The molecule has 4 rings (SSSR count). The van der Waals surface area contributed by atoms with E-state index in [1.54, 1.807) is 12.1 Å². The molecule has 0 saturated heterocycles. The number of hydrogen-bond acceptors (Lipinski definition) is 5. The van der Waals surface area contributed by atoms with Crippen molar-refractivity contribution in [2.24, 2.45) is 0 Å². The van der Waals surface area contributed by atoms with E-state index >= 15 is 0 Å². The number of amides is 2. The highest BCUT2D eigenvalue weighted by atomic mass is 32.1. The van der Waals surface area contributed by atoms with E-state index in [1.165, 1.54) is 47.5 Å². The largest absolute Gasteiger partial charge is 0.485 e. The van der Waals surface area contributed by atoms with E-state index < -0.39 is 12.0 Å². The Balaban J connectivity index is 1.34. The van der Waals surface area contributed by atoms with Crippen LogP contribution in [0.1, 0.15) is 45.8 Å². The second-order valence-corrected chi connectivity index (χ2v) is 7.92. The maximum atomic E-state index is 12.4.